The first-order chi connectivity index (χ1) is 9.66. The normalized spacial score (nSPS) is 10.4. The summed E-state index contributed by atoms with van der Waals surface area (Å²) in [6, 6.07) is 11.0. The summed E-state index contributed by atoms with van der Waals surface area (Å²) >= 11 is 3.17. The van der Waals surface area contributed by atoms with Gasteiger partial charge in [0.25, 0.3) is 5.69 Å². The molecule has 0 radical (unpaired) electrons. The van der Waals surface area contributed by atoms with E-state index < -0.39 is 0 Å². The lowest BCUT2D eigenvalue weighted by Gasteiger charge is -2.05. The Hall–Kier alpha value is -1.79. The Morgan fingerprint density at radius 1 is 1.30 bits per heavy atom. The molecule has 0 amide bonds. The minimum absolute atomic E-state index is 0.0917. The molecule has 0 spiro atoms. The van der Waals surface area contributed by atoms with Crippen LogP contribution in [-0.2, 0) is 13.0 Å². The number of pyridine rings is 1. The van der Waals surface area contributed by atoms with Crippen LogP contribution >= 0.6 is 15.9 Å². The van der Waals surface area contributed by atoms with Crippen LogP contribution in [0.2, 0.25) is 0 Å². The van der Waals surface area contributed by atoms with E-state index in [9.17, 15) is 10.1 Å². The number of rotatable bonds is 6. The van der Waals surface area contributed by atoms with Crippen molar-refractivity contribution >= 4 is 21.6 Å². The number of aromatic nitrogens is 1. The quantitative estimate of drug-likeness (QED) is 0.500. The van der Waals surface area contributed by atoms with Crippen molar-refractivity contribution in [2.24, 2.45) is 0 Å². The second-order valence-electron chi connectivity index (χ2n) is 4.29. The monoisotopic (exact) mass is 335 g/mol. The highest BCUT2D eigenvalue weighted by Crippen LogP contribution is 2.25. The van der Waals surface area contributed by atoms with Crippen LogP contribution in [0.15, 0.2) is 47.1 Å². The van der Waals surface area contributed by atoms with Gasteiger partial charge in [0.15, 0.2) is 0 Å². The summed E-state index contributed by atoms with van der Waals surface area (Å²) in [5, 5.41) is 14.1. The van der Waals surface area contributed by atoms with Crippen LogP contribution in [0, 0.1) is 10.1 Å². The third-order valence-electron chi connectivity index (χ3n) is 2.82. The van der Waals surface area contributed by atoms with E-state index >= 15 is 0 Å². The van der Waals surface area contributed by atoms with E-state index in [1.54, 1.807) is 18.3 Å². The fourth-order valence-electron chi connectivity index (χ4n) is 1.80. The average Bonchev–Trinajstić information content (AvgIpc) is 2.46. The first-order valence-corrected chi connectivity index (χ1v) is 6.99. The Kier molecular flexibility index (Phi) is 5.20. The van der Waals surface area contributed by atoms with E-state index in [2.05, 4.69) is 26.2 Å². The van der Waals surface area contributed by atoms with E-state index in [4.69, 9.17) is 0 Å². The van der Waals surface area contributed by atoms with Gasteiger partial charge < -0.3 is 5.32 Å². The van der Waals surface area contributed by atoms with Gasteiger partial charge in [-0.05, 0) is 39.7 Å². The topological polar surface area (TPSA) is 68.1 Å². The largest absolute Gasteiger partial charge is 0.312 e. The molecule has 0 atom stereocenters. The van der Waals surface area contributed by atoms with Gasteiger partial charge in [0.05, 0.1) is 9.40 Å². The van der Waals surface area contributed by atoms with Crippen molar-refractivity contribution in [1.82, 2.24) is 10.3 Å². The Morgan fingerprint density at radius 2 is 2.15 bits per heavy atom. The number of nitro groups is 1. The number of hydrogen-bond acceptors (Lipinski definition) is 4. The molecule has 0 aliphatic carbocycles. The highest BCUT2D eigenvalue weighted by molar-refractivity contribution is 9.10. The number of halogens is 1. The summed E-state index contributed by atoms with van der Waals surface area (Å²) in [6.07, 6.45) is 2.60. The molecule has 1 N–H and O–H groups in total. The molecular weight excluding hydrogens is 322 g/mol. The fourth-order valence-corrected chi connectivity index (χ4v) is 2.19. The van der Waals surface area contributed by atoms with Gasteiger partial charge >= 0.3 is 0 Å². The second-order valence-corrected chi connectivity index (χ2v) is 5.15. The van der Waals surface area contributed by atoms with Crippen LogP contribution < -0.4 is 5.32 Å². The summed E-state index contributed by atoms with van der Waals surface area (Å²) < 4.78 is 0.500. The summed E-state index contributed by atoms with van der Waals surface area (Å²) in [5.41, 5.74) is 2.01. The molecule has 104 valence electrons. The van der Waals surface area contributed by atoms with Crippen LogP contribution in [0.25, 0.3) is 0 Å². The van der Waals surface area contributed by atoms with Crippen molar-refractivity contribution in [2.75, 3.05) is 6.54 Å². The molecule has 0 fully saturated rings. The van der Waals surface area contributed by atoms with E-state index in [0.29, 0.717) is 11.0 Å². The maximum atomic E-state index is 10.8. The first kappa shape index (κ1) is 14.6. The van der Waals surface area contributed by atoms with Crippen molar-refractivity contribution in [1.29, 1.82) is 0 Å². The third kappa shape index (κ3) is 4.11. The molecule has 0 unspecified atom stereocenters. The van der Waals surface area contributed by atoms with Crippen molar-refractivity contribution in [3.63, 3.8) is 0 Å². The molecule has 2 rings (SSSR count). The third-order valence-corrected chi connectivity index (χ3v) is 3.49. The van der Waals surface area contributed by atoms with Gasteiger partial charge in [-0.2, -0.15) is 0 Å². The van der Waals surface area contributed by atoms with E-state index in [-0.39, 0.29) is 10.6 Å². The van der Waals surface area contributed by atoms with Gasteiger partial charge in [-0.25, -0.2) is 0 Å². The SMILES string of the molecule is O=[N+]([O-])c1cc(CNCCc2ccccn2)ccc1Br. The number of benzene rings is 1. The predicted molar refractivity (Wildman–Crippen MR) is 80.4 cm³/mol. The number of nitrogens with zero attached hydrogens (tertiary/aromatic N) is 2. The molecule has 0 aliphatic rings. The van der Waals surface area contributed by atoms with E-state index in [1.165, 1.54) is 0 Å². The molecule has 0 bridgehead atoms. The molecule has 20 heavy (non-hydrogen) atoms. The summed E-state index contributed by atoms with van der Waals surface area (Å²) in [6.45, 7) is 1.38. The minimum Gasteiger partial charge on any atom is -0.312 e. The van der Waals surface area contributed by atoms with E-state index in [0.717, 1.165) is 24.2 Å². The lowest BCUT2D eigenvalue weighted by molar-refractivity contribution is -0.385. The Labute approximate surface area is 125 Å². The second kappa shape index (κ2) is 7.12. The number of nitro benzene ring substituents is 1. The Balaban J connectivity index is 1.85. The molecule has 0 saturated carbocycles. The average molecular weight is 336 g/mol. The maximum absolute atomic E-state index is 10.8. The Bertz CT molecular complexity index is 590. The van der Waals surface area contributed by atoms with Gasteiger partial charge in [0, 0.05) is 37.5 Å². The Morgan fingerprint density at radius 3 is 2.85 bits per heavy atom. The van der Waals surface area contributed by atoms with Gasteiger partial charge in [-0.3, -0.25) is 15.1 Å². The number of hydrogen-bond donors (Lipinski definition) is 1. The lowest BCUT2D eigenvalue weighted by Crippen LogP contribution is -2.17. The van der Waals surface area contributed by atoms with Crippen LogP contribution in [0.4, 0.5) is 5.69 Å². The summed E-state index contributed by atoms with van der Waals surface area (Å²) in [4.78, 5) is 14.7. The minimum atomic E-state index is -0.387. The predicted octanol–water partition coefficient (Wildman–Crippen LogP) is 3.08. The number of nitrogens with one attached hydrogen (secondary N) is 1. The highest BCUT2D eigenvalue weighted by Gasteiger charge is 2.11. The highest BCUT2D eigenvalue weighted by atomic mass is 79.9. The van der Waals surface area contributed by atoms with Crippen molar-refractivity contribution in [3.8, 4) is 0 Å². The summed E-state index contributed by atoms with van der Waals surface area (Å²) in [5.74, 6) is 0. The molecule has 0 aliphatic heterocycles. The zero-order valence-corrected chi connectivity index (χ0v) is 12.3. The molecule has 5 nitrogen and oxygen atoms in total. The van der Waals surface area contributed by atoms with Crippen LogP contribution in [0.5, 0.6) is 0 Å². The zero-order chi connectivity index (χ0) is 14.4. The first-order valence-electron chi connectivity index (χ1n) is 6.20. The molecule has 1 aromatic carbocycles. The zero-order valence-electron chi connectivity index (χ0n) is 10.8. The molecule has 1 aromatic heterocycles. The summed E-state index contributed by atoms with van der Waals surface area (Å²) in [7, 11) is 0. The molecule has 1 heterocycles. The van der Waals surface area contributed by atoms with Crippen LogP contribution in [0.3, 0.4) is 0 Å². The van der Waals surface area contributed by atoms with Gasteiger partial charge in [-0.1, -0.05) is 12.1 Å². The van der Waals surface area contributed by atoms with Gasteiger partial charge in [0.2, 0.25) is 0 Å². The molecule has 2 aromatic rings. The van der Waals surface area contributed by atoms with Crippen molar-refractivity contribution in [2.45, 2.75) is 13.0 Å². The van der Waals surface area contributed by atoms with Crippen LogP contribution in [-0.4, -0.2) is 16.5 Å². The van der Waals surface area contributed by atoms with Gasteiger partial charge in [-0.15, -0.1) is 0 Å². The van der Waals surface area contributed by atoms with E-state index in [1.807, 2.05) is 24.3 Å². The van der Waals surface area contributed by atoms with Gasteiger partial charge in [0.1, 0.15) is 0 Å². The standard InChI is InChI=1S/C14H14BrN3O2/c15-13-5-4-11(9-14(13)18(19)20)10-16-8-6-12-3-1-2-7-17-12/h1-5,7,9,16H,6,8,10H2. The molecular formula is C14H14BrN3O2. The lowest BCUT2D eigenvalue weighted by atomic mass is 10.2. The smallest absolute Gasteiger partial charge is 0.283 e. The fraction of sp³-hybridized carbons (Fsp3) is 0.214. The van der Waals surface area contributed by atoms with Crippen molar-refractivity contribution in [3.05, 3.63) is 68.4 Å². The van der Waals surface area contributed by atoms with Crippen LogP contribution in [0.1, 0.15) is 11.3 Å². The molecule has 0 saturated heterocycles. The van der Waals surface area contributed by atoms with Crippen molar-refractivity contribution < 1.29 is 4.92 Å². The molecule has 6 heteroatoms. The maximum Gasteiger partial charge on any atom is 0.283 e.